The molecule has 10 nitrogen and oxygen atoms in total. The van der Waals surface area contributed by atoms with Crippen LogP contribution < -0.4 is 20.1 Å². The van der Waals surface area contributed by atoms with Gasteiger partial charge in [-0.2, -0.15) is 4.80 Å². The van der Waals surface area contributed by atoms with Crippen LogP contribution in [0.5, 0.6) is 11.5 Å². The number of tetrazole rings is 1. The van der Waals surface area contributed by atoms with E-state index in [1.807, 2.05) is 30.3 Å². The first-order valence-corrected chi connectivity index (χ1v) is 8.93. The third-order valence-corrected chi connectivity index (χ3v) is 4.08. The molecule has 148 valence electrons. The van der Waals surface area contributed by atoms with Crippen molar-refractivity contribution >= 4 is 23.2 Å². The molecule has 2 heterocycles. The van der Waals surface area contributed by atoms with Crippen molar-refractivity contribution in [3.63, 3.8) is 0 Å². The van der Waals surface area contributed by atoms with Gasteiger partial charge in [0, 0.05) is 5.69 Å². The zero-order valence-corrected chi connectivity index (χ0v) is 15.5. The summed E-state index contributed by atoms with van der Waals surface area (Å²) in [5, 5.41) is 17.3. The van der Waals surface area contributed by atoms with Gasteiger partial charge in [0.1, 0.15) is 18.0 Å². The smallest absolute Gasteiger partial charge is 0.265 e. The van der Waals surface area contributed by atoms with Gasteiger partial charge in [-0.3, -0.25) is 9.59 Å². The summed E-state index contributed by atoms with van der Waals surface area (Å²) in [7, 11) is 0. The number of hydrogen-bond donors (Lipinski definition) is 2. The van der Waals surface area contributed by atoms with Crippen LogP contribution in [-0.4, -0.2) is 38.1 Å². The van der Waals surface area contributed by atoms with Gasteiger partial charge in [-0.15, -0.1) is 10.2 Å². The van der Waals surface area contributed by atoms with E-state index in [4.69, 9.17) is 9.47 Å². The maximum atomic E-state index is 12.3. The molecule has 1 aromatic heterocycles. The Morgan fingerprint density at radius 2 is 2.10 bits per heavy atom. The Labute approximate surface area is 165 Å². The summed E-state index contributed by atoms with van der Waals surface area (Å²) in [5.41, 5.74) is 1.02. The quantitative estimate of drug-likeness (QED) is 0.652. The second kappa shape index (κ2) is 7.97. The zero-order chi connectivity index (χ0) is 20.2. The fourth-order valence-electron chi connectivity index (χ4n) is 2.68. The van der Waals surface area contributed by atoms with Gasteiger partial charge in [0.2, 0.25) is 11.7 Å². The van der Waals surface area contributed by atoms with Crippen LogP contribution in [0.25, 0.3) is 0 Å². The molecule has 10 heteroatoms. The first-order chi connectivity index (χ1) is 14.1. The minimum atomic E-state index is -0.554. The Morgan fingerprint density at radius 3 is 2.93 bits per heavy atom. The SMILES string of the molecule is C[C@H]1Oc2ccc(NC(=O)Cn3nnc(COc4ccccc4)n3)cc2NC1=O. The van der Waals surface area contributed by atoms with Crippen LogP contribution in [0.3, 0.4) is 0 Å². The highest BCUT2D eigenvalue weighted by Gasteiger charge is 2.23. The number of nitrogens with zero attached hydrogens (tertiary/aromatic N) is 4. The van der Waals surface area contributed by atoms with E-state index in [0.717, 1.165) is 0 Å². The number of amides is 2. The topological polar surface area (TPSA) is 120 Å². The molecule has 0 spiro atoms. The molecule has 1 aliphatic heterocycles. The lowest BCUT2D eigenvalue weighted by atomic mass is 10.2. The molecular formula is C19H18N6O4. The molecule has 0 bridgehead atoms. The zero-order valence-electron chi connectivity index (χ0n) is 15.5. The van der Waals surface area contributed by atoms with Gasteiger partial charge in [-0.1, -0.05) is 18.2 Å². The second-order valence-corrected chi connectivity index (χ2v) is 6.35. The predicted molar refractivity (Wildman–Crippen MR) is 102 cm³/mol. The van der Waals surface area contributed by atoms with Crippen molar-refractivity contribution in [3.05, 3.63) is 54.4 Å². The monoisotopic (exact) mass is 394 g/mol. The van der Waals surface area contributed by atoms with Crippen LogP contribution in [0.2, 0.25) is 0 Å². The average molecular weight is 394 g/mol. The number of carbonyl (C=O) groups is 2. The molecule has 0 saturated carbocycles. The van der Waals surface area contributed by atoms with Gasteiger partial charge in [0.25, 0.3) is 5.91 Å². The lowest BCUT2D eigenvalue weighted by Gasteiger charge is -2.23. The Morgan fingerprint density at radius 1 is 1.28 bits per heavy atom. The normalized spacial score (nSPS) is 15.1. The van der Waals surface area contributed by atoms with Gasteiger partial charge in [-0.05, 0) is 42.5 Å². The van der Waals surface area contributed by atoms with Crippen molar-refractivity contribution in [1.82, 2.24) is 20.2 Å². The fourth-order valence-corrected chi connectivity index (χ4v) is 2.68. The number of anilines is 2. The molecule has 0 unspecified atom stereocenters. The van der Waals surface area contributed by atoms with Crippen molar-refractivity contribution in [2.45, 2.75) is 26.2 Å². The minimum Gasteiger partial charge on any atom is -0.485 e. The number of fused-ring (bicyclic) bond motifs is 1. The molecule has 2 N–H and O–H groups in total. The number of hydrogen-bond acceptors (Lipinski definition) is 7. The maximum absolute atomic E-state index is 12.3. The molecule has 2 aromatic carbocycles. The van der Waals surface area contributed by atoms with Crippen LogP contribution >= 0.6 is 0 Å². The second-order valence-electron chi connectivity index (χ2n) is 6.35. The van der Waals surface area contributed by atoms with Crippen molar-refractivity contribution in [2.24, 2.45) is 0 Å². The lowest BCUT2D eigenvalue weighted by molar-refractivity contribution is -0.122. The molecule has 3 aromatic rings. The summed E-state index contributed by atoms with van der Waals surface area (Å²) >= 11 is 0. The molecule has 0 saturated heterocycles. The molecule has 1 aliphatic rings. The lowest BCUT2D eigenvalue weighted by Crippen LogP contribution is -2.34. The minimum absolute atomic E-state index is 0.116. The van der Waals surface area contributed by atoms with E-state index < -0.39 is 6.10 Å². The van der Waals surface area contributed by atoms with Gasteiger partial charge < -0.3 is 20.1 Å². The summed E-state index contributed by atoms with van der Waals surface area (Å²) < 4.78 is 11.0. The third-order valence-electron chi connectivity index (χ3n) is 4.08. The van der Waals surface area contributed by atoms with Gasteiger partial charge in [0.05, 0.1) is 5.69 Å². The van der Waals surface area contributed by atoms with Crippen LogP contribution in [0.1, 0.15) is 12.7 Å². The van der Waals surface area contributed by atoms with E-state index in [0.29, 0.717) is 28.7 Å². The molecule has 2 amide bonds. The van der Waals surface area contributed by atoms with Crippen LogP contribution in [-0.2, 0) is 22.7 Å². The summed E-state index contributed by atoms with van der Waals surface area (Å²) in [6, 6.07) is 14.3. The Kier molecular flexibility index (Phi) is 5.06. The maximum Gasteiger partial charge on any atom is 0.265 e. The molecule has 4 rings (SSSR count). The van der Waals surface area contributed by atoms with Crippen LogP contribution in [0.15, 0.2) is 48.5 Å². The molecule has 0 radical (unpaired) electrons. The number of aromatic nitrogens is 4. The van der Waals surface area contributed by atoms with E-state index >= 15 is 0 Å². The first-order valence-electron chi connectivity index (χ1n) is 8.93. The number of ether oxygens (including phenoxy) is 2. The number of rotatable bonds is 6. The Bertz CT molecular complexity index is 1040. The standard InChI is InChI=1S/C19H18N6O4/c1-12-19(27)21-15-9-13(7-8-16(15)29-12)20-18(26)10-25-23-17(22-24-25)11-28-14-5-3-2-4-6-14/h2-9,12H,10-11H2,1H3,(H,20,26)(H,21,27)/t12-/m1/s1. The fraction of sp³-hybridized carbons (Fsp3) is 0.211. The predicted octanol–water partition coefficient (Wildman–Crippen LogP) is 1.61. The summed E-state index contributed by atoms with van der Waals surface area (Å²) in [6.07, 6.45) is -0.554. The van der Waals surface area contributed by atoms with Crippen molar-refractivity contribution in [1.29, 1.82) is 0 Å². The van der Waals surface area contributed by atoms with Gasteiger partial charge >= 0.3 is 0 Å². The molecular weight excluding hydrogens is 376 g/mol. The highest BCUT2D eigenvalue weighted by Crippen LogP contribution is 2.32. The number of para-hydroxylation sites is 1. The van der Waals surface area contributed by atoms with E-state index in [2.05, 4.69) is 26.0 Å². The summed E-state index contributed by atoms with van der Waals surface area (Å²) in [5.74, 6) is 1.03. The van der Waals surface area contributed by atoms with Gasteiger partial charge in [0.15, 0.2) is 12.7 Å². The van der Waals surface area contributed by atoms with E-state index in [1.54, 1.807) is 25.1 Å². The van der Waals surface area contributed by atoms with Crippen LogP contribution in [0.4, 0.5) is 11.4 Å². The Balaban J connectivity index is 1.33. The molecule has 0 fully saturated rings. The molecule has 29 heavy (non-hydrogen) atoms. The third kappa shape index (κ3) is 4.49. The van der Waals surface area contributed by atoms with Crippen molar-refractivity contribution < 1.29 is 19.1 Å². The van der Waals surface area contributed by atoms with E-state index in [-0.39, 0.29) is 25.0 Å². The number of carbonyl (C=O) groups excluding carboxylic acids is 2. The van der Waals surface area contributed by atoms with Crippen molar-refractivity contribution in [2.75, 3.05) is 10.6 Å². The van der Waals surface area contributed by atoms with E-state index in [9.17, 15) is 9.59 Å². The van der Waals surface area contributed by atoms with Crippen molar-refractivity contribution in [3.8, 4) is 11.5 Å². The molecule has 0 aliphatic carbocycles. The number of nitrogens with one attached hydrogen (secondary N) is 2. The largest absolute Gasteiger partial charge is 0.485 e. The van der Waals surface area contributed by atoms with Gasteiger partial charge in [-0.25, -0.2) is 0 Å². The Hall–Kier alpha value is -3.95. The highest BCUT2D eigenvalue weighted by atomic mass is 16.5. The van der Waals surface area contributed by atoms with Crippen LogP contribution in [0, 0.1) is 0 Å². The summed E-state index contributed by atoms with van der Waals surface area (Å²) in [6.45, 7) is 1.70. The number of benzene rings is 2. The summed E-state index contributed by atoms with van der Waals surface area (Å²) in [4.78, 5) is 25.2. The first kappa shape index (κ1) is 18.4. The highest BCUT2D eigenvalue weighted by molar-refractivity contribution is 5.99. The average Bonchev–Trinajstić information content (AvgIpc) is 3.15. The van der Waals surface area contributed by atoms with E-state index in [1.165, 1.54) is 4.80 Å². The molecule has 1 atom stereocenters.